The van der Waals surface area contributed by atoms with Crippen molar-refractivity contribution in [3.63, 3.8) is 0 Å². The van der Waals surface area contributed by atoms with E-state index in [9.17, 15) is 4.79 Å². The molecule has 24 heavy (non-hydrogen) atoms. The number of carbonyl (C=O) groups excluding carboxylic acids is 1. The van der Waals surface area contributed by atoms with Gasteiger partial charge in [-0.1, -0.05) is 24.6 Å². The molecule has 3 rings (SSSR count). The van der Waals surface area contributed by atoms with Gasteiger partial charge in [-0.3, -0.25) is 0 Å². The Kier molecular flexibility index (Phi) is 5.20. The first-order chi connectivity index (χ1) is 11.6. The van der Waals surface area contributed by atoms with E-state index in [0.717, 1.165) is 24.8 Å². The van der Waals surface area contributed by atoms with Crippen molar-refractivity contribution in [2.24, 2.45) is 5.92 Å². The normalized spacial score (nSPS) is 15.2. The first kappa shape index (κ1) is 16.6. The van der Waals surface area contributed by atoms with Gasteiger partial charge in [-0.25, -0.2) is 9.78 Å². The zero-order chi connectivity index (χ0) is 16.9. The van der Waals surface area contributed by atoms with Crippen LogP contribution in [0.25, 0.3) is 0 Å². The molecule has 0 bridgehead atoms. The number of hydrogen-bond donors (Lipinski definition) is 2. The molecule has 1 aromatic carbocycles. The lowest BCUT2D eigenvalue weighted by Crippen LogP contribution is -2.33. The van der Waals surface area contributed by atoms with Gasteiger partial charge in [-0.2, -0.15) is 0 Å². The topological polar surface area (TPSA) is 57.3 Å². The predicted molar refractivity (Wildman–Crippen MR) is 98.9 cm³/mol. The van der Waals surface area contributed by atoms with Crippen molar-refractivity contribution in [3.05, 3.63) is 47.6 Å². The van der Waals surface area contributed by atoms with Crippen molar-refractivity contribution in [1.82, 2.24) is 4.98 Å². The van der Waals surface area contributed by atoms with Gasteiger partial charge in [-0.15, -0.1) is 0 Å². The van der Waals surface area contributed by atoms with E-state index < -0.39 is 0 Å². The molecule has 2 heterocycles. The molecule has 0 unspecified atom stereocenters. The van der Waals surface area contributed by atoms with Gasteiger partial charge in [0, 0.05) is 23.8 Å². The van der Waals surface area contributed by atoms with Crippen LogP contribution >= 0.6 is 11.6 Å². The predicted octanol–water partition coefficient (Wildman–Crippen LogP) is 4.62. The van der Waals surface area contributed by atoms with E-state index in [2.05, 4.69) is 27.4 Å². The Morgan fingerprint density at radius 2 is 1.92 bits per heavy atom. The third-order valence-corrected chi connectivity index (χ3v) is 4.43. The van der Waals surface area contributed by atoms with Gasteiger partial charge in [0.05, 0.1) is 11.9 Å². The first-order valence-corrected chi connectivity index (χ1v) is 8.52. The van der Waals surface area contributed by atoms with Crippen molar-refractivity contribution in [1.29, 1.82) is 0 Å². The van der Waals surface area contributed by atoms with Crippen LogP contribution in [-0.2, 0) is 0 Å². The molecule has 1 fully saturated rings. The van der Waals surface area contributed by atoms with Crippen LogP contribution in [0.15, 0.2) is 42.6 Å². The molecule has 1 aliphatic rings. The Morgan fingerprint density at radius 3 is 2.58 bits per heavy atom. The van der Waals surface area contributed by atoms with Crippen LogP contribution in [0.5, 0.6) is 0 Å². The second kappa shape index (κ2) is 7.53. The van der Waals surface area contributed by atoms with E-state index in [0.29, 0.717) is 16.4 Å². The zero-order valence-electron chi connectivity index (χ0n) is 13.6. The third kappa shape index (κ3) is 4.38. The molecule has 0 atom stereocenters. The number of piperidine rings is 1. The van der Waals surface area contributed by atoms with Crippen molar-refractivity contribution in [2.75, 3.05) is 28.6 Å². The molecule has 2 amide bonds. The number of pyridine rings is 1. The monoisotopic (exact) mass is 344 g/mol. The summed E-state index contributed by atoms with van der Waals surface area (Å²) in [5.41, 5.74) is 1.30. The molecule has 2 aromatic rings. The maximum Gasteiger partial charge on any atom is 0.323 e. The number of amides is 2. The summed E-state index contributed by atoms with van der Waals surface area (Å²) >= 11 is 5.90. The summed E-state index contributed by atoms with van der Waals surface area (Å²) in [4.78, 5) is 18.8. The van der Waals surface area contributed by atoms with Crippen molar-refractivity contribution in [2.45, 2.75) is 19.8 Å². The summed E-state index contributed by atoms with van der Waals surface area (Å²) < 4.78 is 0. The SMILES string of the molecule is CC1CCN(c2ccc(NC(=O)Nc3cccc(Cl)c3)cn2)CC1. The number of hydrogen-bond acceptors (Lipinski definition) is 3. The summed E-state index contributed by atoms with van der Waals surface area (Å²) in [6.07, 6.45) is 4.08. The number of nitrogens with one attached hydrogen (secondary N) is 2. The fourth-order valence-corrected chi connectivity index (χ4v) is 2.93. The molecule has 5 nitrogen and oxygen atoms in total. The fourth-order valence-electron chi connectivity index (χ4n) is 2.74. The van der Waals surface area contributed by atoms with Gasteiger partial charge in [0.25, 0.3) is 0 Å². The van der Waals surface area contributed by atoms with Crippen LogP contribution in [0.2, 0.25) is 5.02 Å². The molecule has 2 N–H and O–H groups in total. The number of carbonyl (C=O) groups is 1. The Bertz CT molecular complexity index is 696. The fraction of sp³-hybridized carbons (Fsp3) is 0.333. The maximum absolute atomic E-state index is 12.0. The van der Waals surface area contributed by atoms with Crippen LogP contribution in [0.3, 0.4) is 0 Å². The Balaban J connectivity index is 1.56. The summed E-state index contributed by atoms with van der Waals surface area (Å²) in [6.45, 7) is 4.36. The van der Waals surface area contributed by atoms with Crippen molar-refractivity contribution < 1.29 is 4.79 Å². The van der Waals surface area contributed by atoms with E-state index in [1.165, 1.54) is 12.8 Å². The smallest absolute Gasteiger partial charge is 0.323 e. The lowest BCUT2D eigenvalue weighted by Gasteiger charge is -2.31. The van der Waals surface area contributed by atoms with Gasteiger partial charge in [-0.05, 0) is 49.1 Å². The Hall–Kier alpha value is -2.27. The highest BCUT2D eigenvalue weighted by Gasteiger charge is 2.16. The number of benzene rings is 1. The standard InChI is InChI=1S/C18H21ClN4O/c1-13-7-9-23(10-8-13)17-6-5-16(12-20-17)22-18(24)21-15-4-2-3-14(19)11-15/h2-6,11-13H,7-10H2,1H3,(H2,21,22,24). The zero-order valence-corrected chi connectivity index (χ0v) is 14.4. The molecule has 0 aliphatic carbocycles. The summed E-state index contributed by atoms with van der Waals surface area (Å²) in [7, 11) is 0. The second-order valence-electron chi connectivity index (χ2n) is 6.16. The lowest BCUT2D eigenvalue weighted by atomic mass is 9.99. The van der Waals surface area contributed by atoms with Crippen LogP contribution in [0.1, 0.15) is 19.8 Å². The largest absolute Gasteiger partial charge is 0.357 e. The Morgan fingerprint density at radius 1 is 1.17 bits per heavy atom. The summed E-state index contributed by atoms with van der Waals surface area (Å²) in [6, 6.07) is 10.5. The molecular formula is C18H21ClN4O. The highest BCUT2D eigenvalue weighted by Crippen LogP contribution is 2.22. The molecule has 1 aromatic heterocycles. The molecule has 1 aliphatic heterocycles. The van der Waals surface area contributed by atoms with E-state index in [-0.39, 0.29) is 6.03 Å². The maximum atomic E-state index is 12.0. The molecule has 126 valence electrons. The number of aromatic nitrogens is 1. The van der Waals surface area contributed by atoms with Gasteiger partial charge < -0.3 is 15.5 Å². The van der Waals surface area contributed by atoms with Crippen LogP contribution in [0.4, 0.5) is 22.0 Å². The molecule has 6 heteroatoms. The lowest BCUT2D eigenvalue weighted by molar-refractivity contribution is 0.262. The van der Waals surface area contributed by atoms with Gasteiger partial charge >= 0.3 is 6.03 Å². The van der Waals surface area contributed by atoms with Gasteiger partial charge in [0.1, 0.15) is 5.82 Å². The van der Waals surface area contributed by atoms with Crippen LogP contribution in [-0.4, -0.2) is 24.1 Å². The number of nitrogens with zero attached hydrogens (tertiary/aromatic N) is 2. The van der Waals surface area contributed by atoms with Crippen LogP contribution in [0, 0.1) is 5.92 Å². The van der Waals surface area contributed by atoms with E-state index in [1.54, 1.807) is 30.5 Å². The number of halogens is 1. The van der Waals surface area contributed by atoms with E-state index >= 15 is 0 Å². The van der Waals surface area contributed by atoms with Crippen molar-refractivity contribution in [3.8, 4) is 0 Å². The van der Waals surface area contributed by atoms with Crippen molar-refractivity contribution >= 4 is 34.8 Å². The minimum Gasteiger partial charge on any atom is -0.357 e. The number of urea groups is 1. The second-order valence-corrected chi connectivity index (χ2v) is 6.60. The highest BCUT2D eigenvalue weighted by atomic mass is 35.5. The number of anilines is 3. The van der Waals surface area contributed by atoms with E-state index in [1.807, 2.05) is 12.1 Å². The number of rotatable bonds is 3. The van der Waals surface area contributed by atoms with Gasteiger partial charge in [0.2, 0.25) is 0 Å². The quantitative estimate of drug-likeness (QED) is 0.854. The molecule has 1 saturated heterocycles. The third-order valence-electron chi connectivity index (χ3n) is 4.20. The molecule has 0 saturated carbocycles. The van der Waals surface area contributed by atoms with Gasteiger partial charge in [0.15, 0.2) is 0 Å². The minimum absolute atomic E-state index is 0.321. The molecule has 0 spiro atoms. The summed E-state index contributed by atoms with van der Waals surface area (Å²) in [5.74, 6) is 1.75. The summed E-state index contributed by atoms with van der Waals surface area (Å²) in [5, 5.41) is 6.09. The first-order valence-electron chi connectivity index (χ1n) is 8.15. The van der Waals surface area contributed by atoms with Crippen LogP contribution < -0.4 is 15.5 Å². The minimum atomic E-state index is -0.321. The highest BCUT2D eigenvalue weighted by molar-refractivity contribution is 6.30. The average Bonchev–Trinajstić information content (AvgIpc) is 2.56. The Labute approximate surface area is 147 Å². The average molecular weight is 345 g/mol. The molecular weight excluding hydrogens is 324 g/mol. The van der Waals surface area contributed by atoms with E-state index in [4.69, 9.17) is 11.6 Å². The molecule has 0 radical (unpaired) electrons.